The maximum Gasteiger partial charge on any atom is 0.233 e. The Bertz CT molecular complexity index is 834. The van der Waals surface area contributed by atoms with Crippen LogP contribution in [0.15, 0.2) is 42.1 Å². The van der Waals surface area contributed by atoms with E-state index in [0.29, 0.717) is 18.5 Å². The molecule has 1 aliphatic rings. The fourth-order valence-electron chi connectivity index (χ4n) is 3.80. The molecule has 0 spiro atoms. The molecule has 0 aliphatic heterocycles. The molecule has 1 fully saturated rings. The first-order valence-corrected chi connectivity index (χ1v) is 11.1. The lowest BCUT2D eigenvalue weighted by atomic mass is 9.85. The minimum atomic E-state index is -0.263. The molecule has 1 aromatic heterocycles. The first-order valence-electron chi connectivity index (χ1n) is 10.2. The molecule has 29 heavy (non-hydrogen) atoms. The van der Waals surface area contributed by atoms with Crippen molar-refractivity contribution in [3.8, 4) is 17.1 Å². The summed E-state index contributed by atoms with van der Waals surface area (Å²) in [5, 5.41) is 12.4. The molecule has 0 radical (unpaired) electrons. The van der Waals surface area contributed by atoms with Crippen molar-refractivity contribution in [3.05, 3.63) is 36.9 Å². The molecule has 0 saturated heterocycles. The van der Waals surface area contributed by atoms with Crippen molar-refractivity contribution in [2.45, 2.75) is 56.0 Å². The van der Waals surface area contributed by atoms with Gasteiger partial charge in [0.1, 0.15) is 5.75 Å². The molecule has 1 aliphatic carbocycles. The highest BCUT2D eigenvalue weighted by Gasteiger charge is 2.30. The average molecular weight is 415 g/mol. The molecule has 6 nitrogen and oxygen atoms in total. The molecule has 0 unspecified atom stereocenters. The number of carbonyl (C=O) groups is 1. The van der Waals surface area contributed by atoms with E-state index in [1.54, 1.807) is 13.2 Å². The van der Waals surface area contributed by atoms with E-state index in [-0.39, 0.29) is 11.2 Å². The van der Waals surface area contributed by atoms with Crippen molar-refractivity contribution in [1.29, 1.82) is 0 Å². The van der Waals surface area contributed by atoms with Crippen LogP contribution < -0.4 is 10.1 Å². The number of rotatable bonds is 8. The predicted molar refractivity (Wildman–Crippen MR) is 117 cm³/mol. The molecule has 1 heterocycles. The lowest BCUT2D eigenvalue weighted by Crippen LogP contribution is -2.31. The molecular weight excluding hydrogens is 384 g/mol. The summed E-state index contributed by atoms with van der Waals surface area (Å²) in [6, 6.07) is 8.25. The molecule has 0 bridgehead atoms. The Morgan fingerprint density at radius 3 is 2.72 bits per heavy atom. The number of carbonyl (C=O) groups excluding carboxylic acids is 1. The van der Waals surface area contributed by atoms with Gasteiger partial charge in [0.25, 0.3) is 0 Å². The maximum absolute atomic E-state index is 12.4. The van der Waals surface area contributed by atoms with E-state index in [9.17, 15) is 4.79 Å². The standard InChI is InChI=1S/C22H30N4O2S/c1-5-14-23-21(27)16(3)29-22-25-24-20(17-10-12-18(28-4)13-11-17)26(22)19-9-7-6-8-15(19)2/h5,10-13,15-16,19H,1,6-9,14H2,2-4H3,(H,23,27)/t15-,16+,19-/m1/s1. The third-order valence-electron chi connectivity index (χ3n) is 5.48. The second-order valence-corrected chi connectivity index (χ2v) is 8.84. The molecule has 1 amide bonds. The zero-order valence-electron chi connectivity index (χ0n) is 17.4. The van der Waals surface area contributed by atoms with Gasteiger partial charge in [-0.1, -0.05) is 37.6 Å². The number of nitrogens with one attached hydrogen (secondary N) is 1. The molecule has 1 N–H and O–H groups in total. The summed E-state index contributed by atoms with van der Waals surface area (Å²) >= 11 is 1.47. The molecule has 2 aromatic rings. The number of hydrogen-bond donors (Lipinski definition) is 1. The van der Waals surface area contributed by atoms with E-state index in [2.05, 4.69) is 33.6 Å². The summed E-state index contributed by atoms with van der Waals surface area (Å²) in [5.41, 5.74) is 1.01. The number of amides is 1. The number of nitrogens with zero attached hydrogens (tertiary/aromatic N) is 3. The van der Waals surface area contributed by atoms with E-state index >= 15 is 0 Å². The molecule has 7 heteroatoms. The summed E-state index contributed by atoms with van der Waals surface area (Å²) in [4.78, 5) is 12.4. The maximum atomic E-state index is 12.4. The molecule has 3 rings (SSSR count). The van der Waals surface area contributed by atoms with Crippen LogP contribution in [0.4, 0.5) is 0 Å². The number of benzene rings is 1. The predicted octanol–water partition coefficient (Wildman–Crippen LogP) is 4.49. The van der Waals surface area contributed by atoms with Crippen LogP contribution in [0.3, 0.4) is 0 Å². The van der Waals surface area contributed by atoms with Crippen LogP contribution in [0.25, 0.3) is 11.4 Å². The monoisotopic (exact) mass is 414 g/mol. The largest absolute Gasteiger partial charge is 0.497 e. The lowest BCUT2D eigenvalue weighted by molar-refractivity contribution is -0.120. The van der Waals surface area contributed by atoms with Gasteiger partial charge in [0, 0.05) is 18.2 Å². The second kappa shape index (κ2) is 9.96. The van der Waals surface area contributed by atoms with E-state index in [1.165, 1.54) is 31.0 Å². The van der Waals surface area contributed by atoms with E-state index in [4.69, 9.17) is 4.74 Å². The van der Waals surface area contributed by atoms with Gasteiger partial charge in [0.05, 0.1) is 12.4 Å². The van der Waals surface area contributed by atoms with Crippen LogP contribution in [-0.2, 0) is 4.79 Å². The van der Waals surface area contributed by atoms with Crippen LogP contribution in [0.2, 0.25) is 0 Å². The van der Waals surface area contributed by atoms with Gasteiger partial charge in [-0.2, -0.15) is 0 Å². The molecular formula is C22H30N4O2S. The van der Waals surface area contributed by atoms with Gasteiger partial charge in [-0.3, -0.25) is 9.36 Å². The molecule has 1 saturated carbocycles. The van der Waals surface area contributed by atoms with Crippen molar-refractivity contribution in [3.63, 3.8) is 0 Å². The van der Waals surface area contributed by atoms with Crippen LogP contribution in [0.5, 0.6) is 5.75 Å². The molecule has 1 aromatic carbocycles. The zero-order valence-corrected chi connectivity index (χ0v) is 18.2. The van der Waals surface area contributed by atoms with Crippen molar-refractivity contribution < 1.29 is 9.53 Å². The highest BCUT2D eigenvalue weighted by Crippen LogP contribution is 2.39. The fourth-order valence-corrected chi connectivity index (χ4v) is 4.73. The summed E-state index contributed by atoms with van der Waals surface area (Å²) < 4.78 is 7.54. The Labute approximate surface area is 177 Å². The summed E-state index contributed by atoms with van der Waals surface area (Å²) in [5.74, 6) is 2.19. The number of thioether (sulfide) groups is 1. The third-order valence-corrected chi connectivity index (χ3v) is 6.54. The summed E-state index contributed by atoms with van der Waals surface area (Å²) in [7, 11) is 1.66. The Balaban J connectivity index is 1.94. The minimum Gasteiger partial charge on any atom is -0.497 e. The van der Waals surface area contributed by atoms with Gasteiger partial charge in [-0.15, -0.1) is 16.8 Å². The topological polar surface area (TPSA) is 69.0 Å². The Kier molecular flexibility index (Phi) is 7.36. The SMILES string of the molecule is C=CCNC(=O)[C@H](C)Sc1nnc(-c2ccc(OC)cc2)n1[C@@H]1CCCC[C@H]1C. The molecule has 3 atom stereocenters. The van der Waals surface area contributed by atoms with E-state index in [0.717, 1.165) is 28.7 Å². The quantitative estimate of drug-likeness (QED) is 0.509. The Morgan fingerprint density at radius 1 is 1.34 bits per heavy atom. The number of aromatic nitrogens is 3. The normalized spacial score (nSPS) is 20.1. The first-order chi connectivity index (χ1) is 14.0. The smallest absolute Gasteiger partial charge is 0.233 e. The van der Waals surface area contributed by atoms with E-state index in [1.807, 2.05) is 31.2 Å². The van der Waals surface area contributed by atoms with Crippen LogP contribution in [-0.4, -0.2) is 39.6 Å². The zero-order chi connectivity index (χ0) is 20.8. The van der Waals surface area contributed by atoms with Gasteiger partial charge in [0.15, 0.2) is 11.0 Å². The summed E-state index contributed by atoms with van der Waals surface area (Å²) in [6.07, 6.45) is 6.45. The number of methoxy groups -OCH3 is 1. The van der Waals surface area contributed by atoms with Gasteiger partial charge in [-0.25, -0.2) is 0 Å². The van der Waals surface area contributed by atoms with Crippen molar-refractivity contribution in [2.75, 3.05) is 13.7 Å². The number of ether oxygens (including phenoxy) is 1. The van der Waals surface area contributed by atoms with Crippen LogP contribution >= 0.6 is 11.8 Å². The lowest BCUT2D eigenvalue weighted by Gasteiger charge is -2.31. The van der Waals surface area contributed by atoms with Crippen molar-refractivity contribution in [2.24, 2.45) is 5.92 Å². The van der Waals surface area contributed by atoms with Gasteiger partial charge in [-0.05, 0) is 49.9 Å². The Hall–Kier alpha value is -2.28. The van der Waals surface area contributed by atoms with E-state index < -0.39 is 0 Å². The highest BCUT2D eigenvalue weighted by atomic mass is 32.2. The van der Waals surface area contributed by atoms with Gasteiger partial charge >= 0.3 is 0 Å². The summed E-state index contributed by atoms with van der Waals surface area (Å²) in [6.45, 7) is 8.32. The Morgan fingerprint density at radius 2 is 2.07 bits per heavy atom. The third kappa shape index (κ3) is 5.01. The molecule has 156 valence electrons. The van der Waals surface area contributed by atoms with Crippen molar-refractivity contribution in [1.82, 2.24) is 20.1 Å². The van der Waals surface area contributed by atoms with Crippen molar-refractivity contribution >= 4 is 17.7 Å². The van der Waals surface area contributed by atoms with Crippen LogP contribution in [0, 0.1) is 5.92 Å². The second-order valence-electron chi connectivity index (χ2n) is 7.53. The first kappa shape index (κ1) is 21.4. The number of hydrogen-bond acceptors (Lipinski definition) is 5. The highest BCUT2D eigenvalue weighted by molar-refractivity contribution is 8.00. The fraction of sp³-hybridized carbons (Fsp3) is 0.500. The van der Waals surface area contributed by atoms with Gasteiger partial charge in [0.2, 0.25) is 5.91 Å². The minimum absolute atomic E-state index is 0.0212. The average Bonchev–Trinajstić information content (AvgIpc) is 3.15. The van der Waals surface area contributed by atoms with Crippen LogP contribution in [0.1, 0.15) is 45.6 Å². The van der Waals surface area contributed by atoms with Gasteiger partial charge < -0.3 is 10.1 Å².